The van der Waals surface area contributed by atoms with Gasteiger partial charge in [0.1, 0.15) is 13.2 Å². The fourth-order valence-corrected chi connectivity index (χ4v) is 3.26. The second-order valence-electron chi connectivity index (χ2n) is 4.35. The minimum atomic E-state index is -4.10. The number of hydrogen-bond acceptors (Lipinski definition) is 5. The van der Waals surface area contributed by atoms with Crippen molar-refractivity contribution in [1.29, 1.82) is 0 Å². The van der Waals surface area contributed by atoms with Gasteiger partial charge in [-0.2, -0.15) is 0 Å². The Labute approximate surface area is 169 Å². The van der Waals surface area contributed by atoms with E-state index in [1.807, 2.05) is 0 Å². The van der Waals surface area contributed by atoms with Crippen molar-refractivity contribution in [2.24, 2.45) is 0 Å². The van der Waals surface area contributed by atoms with Crippen molar-refractivity contribution < 1.29 is 28.0 Å². The molecule has 0 aromatic rings. The monoisotopic (exact) mass is 487 g/mol. The van der Waals surface area contributed by atoms with Crippen LogP contribution in [0.4, 0.5) is 4.79 Å². The Balaban J connectivity index is 4.29. The zero-order valence-corrected chi connectivity index (χ0v) is 17.6. The Morgan fingerprint density at radius 1 is 0.917 bits per heavy atom. The first-order valence-corrected chi connectivity index (χ1v) is 10.2. The van der Waals surface area contributed by atoms with Crippen LogP contribution in [0.5, 0.6) is 0 Å². The lowest BCUT2D eigenvalue weighted by molar-refractivity contribution is 0.114. The fourth-order valence-electron chi connectivity index (χ4n) is 1.19. The maximum Gasteiger partial charge on any atom is 0.475 e. The Bertz CT molecular complexity index is 407. The van der Waals surface area contributed by atoms with E-state index in [2.05, 4.69) is 5.32 Å². The number of nitrogens with one attached hydrogen (secondary N) is 1. The summed E-state index contributed by atoms with van der Waals surface area (Å²) in [7, 11) is -4.10. The van der Waals surface area contributed by atoms with Gasteiger partial charge in [0.05, 0.1) is 6.61 Å². The summed E-state index contributed by atoms with van der Waals surface area (Å²) in [5, 5.41) is 10.6. The summed E-state index contributed by atoms with van der Waals surface area (Å²) in [5.74, 6) is 0. The largest absolute Gasteiger partial charge is 0.475 e. The molecular formula is C10H16Cl6NO6P. The third kappa shape index (κ3) is 16.6. The average Bonchev–Trinajstić information content (AvgIpc) is 2.40. The number of carboxylic acid groups (broad SMARTS) is 1. The van der Waals surface area contributed by atoms with E-state index < -0.39 is 34.7 Å². The Hall–Kier alpha value is 1.12. The molecule has 0 aliphatic rings. The highest BCUT2D eigenvalue weighted by Gasteiger charge is 2.35. The SMILES string of the molecule is O=C(O)NCCCCCOP(=O)(OCC(Cl)(Cl)Cl)OCC(Cl)(Cl)Cl. The molecule has 144 valence electrons. The number of rotatable bonds is 11. The van der Waals surface area contributed by atoms with Gasteiger partial charge in [-0.1, -0.05) is 69.6 Å². The number of phosphoric acid groups is 1. The quantitative estimate of drug-likeness (QED) is 0.232. The predicted octanol–water partition coefficient (Wildman–Crippen LogP) is 5.32. The molecule has 0 aromatic carbocycles. The summed E-state index contributed by atoms with van der Waals surface area (Å²) in [6.07, 6.45) is 0.537. The number of hydrogen-bond donors (Lipinski definition) is 2. The Kier molecular flexibility index (Phi) is 12.3. The van der Waals surface area contributed by atoms with Crippen molar-refractivity contribution in [3.05, 3.63) is 0 Å². The number of halogens is 6. The highest BCUT2D eigenvalue weighted by Crippen LogP contribution is 2.52. The number of phosphoric ester groups is 1. The van der Waals surface area contributed by atoms with E-state index in [1.165, 1.54) is 0 Å². The molecule has 0 heterocycles. The molecule has 0 rings (SSSR count). The van der Waals surface area contributed by atoms with Gasteiger partial charge in [0.15, 0.2) is 0 Å². The summed E-state index contributed by atoms with van der Waals surface area (Å²) in [5.41, 5.74) is 0. The van der Waals surface area contributed by atoms with E-state index in [9.17, 15) is 9.36 Å². The first kappa shape index (κ1) is 25.1. The van der Waals surface area contributed by atoms with Gasteiger partial charge in [-0.15, -0.1) is 0 Å². The summed E-state index contributed by atoms with van der Waals surface area (Å²) >= 11 is 33.1. The van der Waals surface area contributed by atoms with Crippen LogP contribution in [-0.2, 0) is 18.1 Å². The summed E-state index contributed by atoms with van der Waals surface area (Å²) in [6, 6.07) is 0. The van der Waals surface area contributed by atoms with Crippen LogP contribution in [0.15, 0.2) is 0 Å². The van der Waals surface area contributed by atoms with Gasteiger partial charge in [-0.3, -0.25) is 13.6 Å². The second-order valence-corrected chi connectivity index (χ2v) is 11.1. The van der Waals surface area contributed by atoms with Crippen LogP contribution in [0.25, 0.3) is 0 Å². The van der Waals surface area contributed by atoms with Crippen molar-refractivity contribution in [1.82, 2.24) is 5.32 Å². The van der Waals surface area contributed by atoms with Crippen LogP contribution >= 0.6 is 77.4 Å². The van der Waals surface area contributed by atoms with Gasteiger partial charge in [0.2, 0.25) is 7.59 Å². The first-order valence-electron chi connectivity index (χ1n) is 6.47. The molecule has 0 saturated heterocycles. The van der Waals surface area contributed by atoms with Crippen molar-refractivity contribution >= 4 is 83.5 Å². The van der Waals surface area contributed by atoms with Crippen molar-refractivity contribution in [3.8, 4) is 0 Å². The van der Waals surface area contributed by atoms with Crippen LogP contribution in [0, 0.1) is 0 Å². The summed E-state index contributed by atoms with van der Waals surface area (Å²) in [6.45, 7) is -0.834. The number of alkyl halides is 6. The lowest BCUT2D eigenvalue weighted by Gasteiger charge is -2.22. The first-order chi connectivity index (χ1) is 10.8. The zero-order chi connectivity index (χ0) is 18.9. The average molecular weight is 490 g/mol. The molecule has 0 bridgehead atoms. The molecule has 0 atom stereocenters. The number of carbonyl (C=O) groups is 1. The van der Waals surface area contributed by atoms with Gasteiger partial charge in [-0.25, -0.2) is 9.36 Å². The van der Waals surface area contributed by atoms with Gasteiger partial charge in [0.25, 0.3) is 0 Å². The topological polar surface area (TPSA) is 94.1 Å². The lowest BCUT2D eigenvalue weighted by atomic mass is 10.2. The minimum Gasteiger partial charge on any atom is -0.465 e. The van der Waals surface area contributed by atoms with Gasteiger partial charge in [-0.05, 0) is 19.3 Å². The standard InChI is InChI=1S/C10H16Cl6NO6P/c11-9(12,13)6-22-24(20,23-7-10(14,15)16)21-5-3-1-2-4-17-8(18)19/h17H,1-7H2,(H,18,19). The molecule has 24 heavy (non-hydrogen) atoms. The Morgan fingerprint density at radius 3 is 1.83 bits per heavy atom. The van der Waals surface area contributed by atoms with Crippen molar-refractivity contribution in [3.63, 3.8) is 0 Å². The van der Waals surface area contributed by atoms with E-state index >= 15 is 0 Å². The molecule has 0 saturated carbocycles. The van der Waals surface area contributed by atoms with E-state index in [1.54, 1.807) is 0 Å². The zero-order valence-electron chi connectivity index (χ0n) is 12.2. The molecule has 1 amide bonds. The molecule has 0 aliphatic heterocycles. The lowest BCUT2D eigenvalue weighted by Crippen LogP contribution is -2.21. The predicted molar refractivity (Wildman–Crippen MR) is 95.9 cm³/mol. The third-order valence-electron chi connectivity index (χ3n) is 2.12. The molecule has 0 spiro atoms. The van der Waals surface area contributed by atoms with Crippen molar-refractivity contribution in [2.75, 3.05) is 26.4 Å². The summed E-state index contributed by atoms with van der Waals surface area (Å²) in [4.78, 5) is 10.3. The highest BCUT2D eigenvalue weighted by atomic mass is 35.6. The molecule has 14 heteroatoms. The van der Waals surface area contributed by atoms with E-state index in [-0.39, 0.29) is 6.61 Å². The third-order valence-corrected chi connectivity index (χ3v) is 4.16. The number of amides is 1. The second kappa shape index (κ2) is 11.8. The van der Waals surface area contributed by atoms with Crippen LogP contribution in [0.1, 0.15) is 19.3 Å². The molecular weight excluding hydrogens is 474 g/mol. The van der Waals surface area contributed by atoms with E-state index in [0.717, 1.165) is 0 Å². The molecule has 0 radical (unpaired) electrons. The van der Waals surface area contributed by atoms with Crippen LogP contribution < -0.4 is 5.32 Å². The Morgan fingerprint density at radius 2 is 1.42 bits per heavy atom. The molecule has 0 unspecified atom stereocenters. The molecule has 7 nitrogen and oxygen atoms in total. The van der Waals surface area contributed by atoms with Gasteiger partial charge in [0, 0.05) is 6.54 Å². The van der Waals surface area contributed by atoms with Gasteiger partial charge < -0.3 is 10.4 Å². The van der Waals surface area contributed by atoms with E-state index in [0.29, 0.717) is 25.8 Å². The van der Waals surface area contributed by atoms with E-state index in [4.69, 9.17) is 88.3 Å². The van der Waals surface area contributed by atoms with Crippen LogP contribution in [0.2, 0.25) is 0 Å². The summed E-state index contributed by atoms with van der Waals surface area (Å²) < 4.78 is 23.6. The molecule has 2 N–H and O–H groups in total. The minimum absolute atomic E-state index is 0.00986. The van der Waals surface area contributed by atoms with Gasteiger partial charge >= 0.3 is 13.9 Å². The van der Waals surface area contributed by atoms with Crippen LogP contribution in [-0.4, -0.2) is 45.2 Å². The van der Waals surface area contributed by atoms with Crippen molar-refractivity contribution in [2.45, 2.75) is 26.8 Å². The maximum absolute atomic E-state index is 12.4. The highest BCUT2D eigenvalue weighted by molar-refractivity contribution is 7.48. The molecule has 0 aromatic heterocycles. The fraction of sp³-hybridized carbons (Fsp3) is 0.900. The number of unbranched alkanes of at least 4 members (excludes halogenated alkanes) is 2. The van der Waals surface area contributed by atoms with Crippen LogP contribution in [0.3, 0.4) is 0 Å². The maximum atomic E-state index is 12.4. The smallest absolute Gasteiger partial charge is 0.465 e. The normalized spacial score (nSPS) is 13.1. The molecule has 0 fully saturated rings. The molecule has 0 aliphatic carbocycles.